The standard InChI is InChI=1S/C13H16ClN3O/c1-9(15)11-3-4-13(12(14)5-11)18-8-10-6-16-17(2)7-10/h3-7,9H,8,15H2,1-2H3. The van der Waals surface area contributed by atoms with Gasteiger partial charge < -0.3 is 10.5 Å². The lowest BCUT2D eigenvalue weighted by Gasteiger charge is -2.10. The quantitative estimate of drug-likeness (QED) is 0.925. The average molecular weight is 266 g/mol. The summed E-state index contributed by atoms with van der Waals surface area (Å²) in [5, 5.41) is 4.65. The van der Waals surface area contributed by atoms with Gasteiger partial charge >= 0.3 is 0 Å². The van der Waals surface area contributed by atoms with Crippen LogP contribution in [0.3, 0.4) is 0 Å². The van der Waals surface area contributed by atoms with Crippen LogP contribution in [0.15, 0.2) is 30.6 Å². The fourth-order valence-electron chi connectivity index (χ4n) is 1.62. The van der Waals surface area contributed by atoms with Crippen LogP contribution in [-0.4, -0.2) is 9.78 Å². The number of hydrogen-bond donors (Lipinski definition) is 1. The number of aromatic nitrogens is 2. The Kier molecular flexibility index (Phi) is 3.89. The lowest BCUT2D eigenvalue weighted by atomic mass is 10.1. The first-order valence-electron chi connectivity index (χ1n) is 5.71. The Labute approximate surface area is 111 Å². The molecule has 2 aromatic rings. The van der Waals surface area contributed by atoms with E-state index in [0.29, 0.717) is 17.4 Å². The zero-order valence-corrected chi connectivity index (χ0v) is 11.2. The first-order valence-corrected chi connectivity index (χ1v) is 6.09. The molecule has 1 unspecified atom stereocenters. The number of rotatable bonds is 4. The predicted molar refractivity (Wildman–Crippen MR) is 71.6 cm³/mol. The van der Waals surface area contributed by atoms with Gasteiger partial charge in [0.15, 0.2) is 0 Å². The SMILES string of the molecule is CC(N)c1ccc(OCc2cnn(C)c2)c(Cl)c1. The summed E-state index contributed by atoms with van der Waals surface area (Å²) in [6.45, 7) is 2.37. The van der Waals surface area contributed by atoms with Crippen LogP contribution in [0.1, 0.15) is 24.1 Å². The van der Waals surface area contributed by atoms with E-state index in [1.54, 1.807) is 10.9 Å². The third-order valence-electron chi connectivity index (χ3n) is 2.63. The molecule has 5 heteroatoms. The first-order chi connectivity index (χ1) is 8.56. The molecule has 0 saturated carbocycles. The van der Waals surface area contributed by atoms with E-state index in [9.17, 15) is 0 Å². The van der Waals surface area contributed by atoms with Crippen LogP contribution in [0.2, 0.25) is 5.02 Å². The number of nitrogens with two attached hydrogens (primary N) is 1. The summed E-state index contributed by atoms with van der Waals surface area (Å²) in [5.41, 5.74) is 7.79. The molecule has 1 atom stereocenters. The summed E-state index contributed by atoms with van der Waals surface area (Å²) < 4.78 is 7.38. The largest absolute Gasteiger partial charge is 0.487 e. The van der Waals surface area contributed by atoms with Gasteiger partial charge in [-0.2, -0.15) is 5.10 Å². The lowest BCUT2D eigenvalue weighted by Crippen LogP contribution is -2.05. The molecule has 1 aromatic heterocycles. The van der Waals surface area contributed by atoms with Crippen molar-refractivity contribution in [1.29, 1.82) is 0 Å². The number of ether oxygens (including phenoxy) is 1. The van der Waals surface area contributed by atoms with E-state index in [-0.39, 0.29) is 6.04 Å². The smallest absolute Gasteiger partial charge is 0.138 e. The van der Waals surface area contributed by atoms with Crippen molar-refractivity contribution in [1.82, 2.24) is 9.78 Å². The molecule has 2 rings (SSSR count). The summed E-state index contributed by atoms with van der Waals surface area (Å²) in [4.78, 5) is 0. The Hall–Kier alpha value is -1.52. The minimum atomic E-state index is -0.0325. The van der Waals surface area contributed by atoms with Crippen molar-refractivity contribution < 1.29 is 4.74 Å². The Morgan fingerprint density at radius 2 is 2.28 bits per heavy atom. The highest BCUT2D eigenvalue weighted by atomic mass is 35.5. The van der Waals surface area contributed by atoms with E-state index in [1.807, 2.05) is 38.4 Å². The molecule has 1 aromatic carbocycles. The van der Waals surface area contributed by atoms with Crippen LogP contribution in [0.5, 0.6) is 5.75 Å². The van der Waals surface area contributed by atoms with Crippen molar-refractivity contribution in [3.63, 3.8) is 0 Å². The van der Waals surface area contributed by atoms with Gasteiger partial charge in [-0.25, -0.2) is 0 Å². The lowest BCUT2D eigenvalue weighted by molar-refractivity contribution is 0.306. The Bertz CT molecular complexity index is 537. The highest BCUT2D eigenvalue weighted by molar-refractivity contribution is 6.32. The van der Waals surface area contributed by atoms with Crippen molar-refractivity contribution in [3.8, 4) is 5.75 Å². The van der Waals surface area contributed by atoms with Crippen LogP contribution in [-0.2, 0) is 13.7 Å². The Morgan fingerprint density at radius 3 is 2.83 bits per heavy atom. The highest BCUT2D eigenvalue weighted by Gasteiger charge is 2.06. The third-order valence-corrected chi connectivity index (χ3v) is 2.93. The van der Waals surface area contributed by atoms with Crippen LogP contribution in [0.4, 0.5) is 0 Å². The monoisotopic (exact) mass is 265 g/mol. The molecule has 18 heavy (non-hydrogen) atoms. The minimum Gasteiger partial charge on any atom is -0.487 e. The fourth-order valence-corrected chi connectivity index (χ4v) is 1.87. The molecule has 0 aliphatic heterocycles. The number of aryl methyl sites for hydroxylation is 1. The molecule has 96 valence electrons. The maximum atomic E-state index is 6.14. The van der Waals surface area contributed by atoms with E-state index in [1.165, 1.54) is 0 Å². The Balaban J connectivity index is 2.05. The molecule has 0 saturated heterocycles. The van der Waals surface area contributed by atoms with E-state index >= 15 is 0 Å². The summed E-state index contributed by atoms with van der Waals surface area (Å²) in [6, 6.07) is 5.58. The topological polar surface area (TPSA) is 53.1 Å². The highest BCUT2D eigenvalue weighted by Crippen LogP contribution is 2.27. The molecule has 0 amide bonds. The van der Waals surface area contributed by atoms with Gasteiger partial charge in [0.25, 0.3) is 0 Å². The molecule has 4 nitrogen and oxygen atoms in total. The maximum Gasteiger partial charge on any atom is 0.138 e. The third kappa shape index (κ3) is 3.03. The summed E-state index contributed by atoms with van der Waals surface area (Å²) in [6.07, 6.45) is 3.68. The van der Waals surface area contributed by atoms with Crippen molar-refractivity contribution in [2.24, 2.45) is 12.8 Å². The second-order valence-corrected chi connectivity index (χ2v) is 4.70. The van der Waals surface area contributed by atoms with E-state index in [4.69, 9.17) is 22.1 Å². The number of hydrogen-bond acceptors (Lipinski definition) is 3. The molecule has 0 bridgehead atoms. The second-order valence-electron chi connectivity index (χ2n) is 4.29. The number of nitrogens with zero attached hydrogens (tertiary/aromatic N) is 2. The molecule has 1 heterocycles. The van der Waals surface area contributed by atoms with Crippen LogP contribution >= 0.6 is 11.6 Å². The molecule has 0 radical (unpaired) electrons. The van der Waals surface area contributed by atoms with Gasteiger partial charge in [0.05, 0.1) is 11.2 Å². The zero-order valence-electron chi connectivity index (χ0n) is 10.4. The van der Waals surface area contributed by atoms with Crippen molar-refractivity contribution in [2.75, 3.05) is 0 Å². The van der Waals surface area contributed by atoms with Gasteiger partial charge in [-0.3, -0.25) is 4.68 Å². The van der Waals surface area contributed by atoms with Gasteiger partial charge in [0.1, 0.15) is 12.4 Å². The fraction of sp³-hybridized carbons (Fsp3) is 0.308. The van der Waals surface area contributed by atoms with Crippen molar-refractivity contribution in [2.45, 2.75) is 19.6 Å². The van der Waals surface area contributed by atoms with E-state index < -0.39 is 0 Å². The van der Waals surface area contributed by atoms with Gasteiger partial charge in [-0.1, -0.05) is 17.7 Å². The molecule has 0 aliphatic carbocycles. The van der Waals surface area contributed by atoms with Crippen molar-refractivity contribution >= 4 is 11.6 Å². The van der Waals surface area contributed by atoms with Gasteiger partial charge in [0, 0.05) is 24.8 Å². The van der Waals surface area contributed by atoms with E-state index in [0.717, 1.165) is 11.1 Å². The molecular weight excluding hydrogens is 250 g/mol. The molecule has 2 N–H and O–H groups in total. The molecule has 0 spiro atoms. The summed E-state index contributed by atoms with van der Waals surface area (Å²) in [5.74, 6) is 0.657. The van der Waals surface area contributed by atoms with Crippen LogP contribution < -0.4 is 10.5 Å². The van der Waals surface area contributed by atoms with E-state index in [2.05, 4.69) is 5.10 Å². The maximum absolute atomic E-state index is 6.14. The second kappa shape index (κ2) is 5.42. The van der Waals surface area contributed by atoms with Gasteiger partial charge in [-0.05, 0) is 24.6 Å². The Morgan fingerprint density at radius 1 is 1.50 bits per heavy atom. The molecular formula is C13H16ClN3O. The average Bonchev–Trinajstić information content (AvgIpc) is 2.73. The van der Waals surface area contributed by atoms with Crippen LogP contribution in [0, 0.1) is 0 Å². The summed E-state index contributed by atoms with van der Waals surface area (Å²) in [7, 11) is 1.87. The molecule has 0 aliphatic rings. The number of halogens is 1. The zero-order chi connectivity index (χ0) is 13.1. The van der Waals surface area contributed by atoms with Crippen molar-refractivity contribution in [3.05, 3.63) is 46.7 Å². The predicted octanol–water partition coefficient (Wildman–Crippen LogP) is 2.67. The normalized spacial score (nSPS) is 12.4. The van der Waals surface area contributed by atoms with Gasteiger partial charge in [-0.15, -0.1) is 0 Å². The molecule has 0 fully saturated rings. The number of benzene rings is 1. The summed E-state index contributed by atoms with van der Waals surface area (Å²) >= 11 is 6.14. The first kappa shape index (κ1) is 12.9. The van der Waals surface area contributed by atoms with Gasteiger partial charge in [0.2, 0.25) is 0 Å². The minimum absolute atomic E-state index is 0.0325. The van der Waals surface area contributed by atoms with Crippen LogP contribution in [0.25, 0.3) is 0 Å².